The third kappa shape index (κ3) is 3.10. The van der Waals surface area contributed by atoms with Crippen LogP contribution in [0.25, 0.3) is 11.4 Å². The first-order chi connectivity index (χ1) is 11.3. The molecule has 0 aliphatic heterocycles. The summed E-state index contributed by atoms with van der Waals surface area (Å²) in [6.07, 6.45) is 2.60. The minimum Gasteiger partial charge on any atom is -0.379 e. The Balaban J connectivity index is 1.47. The molecule has 3 aromatic rings. The summed E-state index contributed by atoms with van der Waals surface area (Å²) in [6.45, 7) is 3.52. The Morgan fingerprint density at radius 1 is 1.35 bits per heavy atom. The Morgan fingerprint density at radius 3 is 3.09 bits per heavy atom. The van der Waals surface area contributed by atoms with Gasteiger partial charge in [0.25, 0.3) is 0 Å². The molecule has 6 nitrogen and oxygen atoms in total. The lowest BCUT2D eigenvalue weighted by Crippen LogP contribution is -2.02. The summed E-state index contributed by atoms with van der Waals surface area (Å²) in [5, 5.41) is 18.7. The van der Waals surface area contributed by atoms with Crippen molar-refractivity contribution in [3.05, 3.63) is 40.3 Å². The van der Waals surface area contributed by atoms with Gasteiger partial charge in [0, 0.05) is 29.1 Å². The number of thiazole rings is 1. The fraction of sp³-hybridized carbons (Fsp3) is 0.375. The summed E-state index contributed by atoms with van der Waals surface area (Å²) in [5.74, 6) is 1.52. The summed E-state index contributed by atoms with van der Waals surface area (Å²) in [4.78, 5) is 4.71. The van der Waals surface area contributed by atoms with Crippen molar-refractivity contribution in [2.24, 2.45) is 0 Å². The Hall–Kier alpha value is -2.28. The molecule has 0 unspecified atom stereocenters. The maximum Gasteiger partial charge on any atom is 0.182 e. The van der Waals surface area contributed by atoms with Crippen molar-refractivity contribution < 1.29 is 0 Å². The van der Waals surface area contributed by atoms with E-state index in [1.165, 1.54) is 17.8 Å². The van der Waals surface area contributed by atoms with Gasteiger partial charge in [0.1, 0.15) is 0 Å². The summed E-state index contributed by atoms with van der Waals surface area (Å²) >= 11 is 1.78. The topological polar surface area (TPSA) is 68.5 Å². The number of hydrogen-bond donors (Lipinski definition) is 1. The van der Waals surface area contributed by atoms with E-state index in [0.29, 0.717) is 0 Å². The van der Waals surface area contributed by atoms with E-state index in [9.17, 15) is 0 Å². The monoisotopic (exact) mass is 326 g/mol. The molecule has 0 atom stereocenters. The Morgan fingerprint density at radius 2 is 2.26 bits per heavy atom. The molecule has 2 heterocycles. The van der Waals surface area contributed by atoms with Crippen molar-refractivity contribution >= 4 is 17.0 Å². The Bertz CT molecular complexity index is 804. The average molecular weight is 326 g/mol. The van der Waals surface area contributed by atoms with Gasteiger partial charge in [-0.3, -0.25) is 0 Å². The van der Waals surface area contributed by atoms with Gasteiger partial charge >= 0.3 is 0 Å². The number of tetrazole rings is 1. The molecular weight excluding hydrogens is 308 g/mol. The van der Waals surface area contributed by atoms with Crippen LogP contribution in [-0.4, -0.2) is 25.2 Å². The van der Waals surface area contributed by atoms with Crippen LogP contribution in [0, 0.1) is 0 Å². The van der Waals surface area contributed by atoms with E-state index < -0.39 is 0 Å². The second kappa shape index (κ2) is 6.08. The van der Waals surface area contributed by atoms with Crippen LogP contribution in [0.5, 0.6) is 0 Å². The fourth-order valence-corrected chi connectivity index (χ4v) is 3.50. The smallest absolute Gasteiger partial charge is 0.182 e. The second-order valence-corrected chi connectivity index (χ2v) is 6.59. The minimum atomic E-state index is 0.727. The lowest BCUT2D eigenvalue weighted by Gasteiger charge is -2.07. The molecule has 1 aliphatic carbocycles. The molecule has 1 fully saturated rings. The van der Waals surface area contributed by atoms with E-state index in [1.54, 1.807) is 16.0 Å². The van der Waals surface area contributed by atoms with Gasteiger partial charge in [0.05, 0.1) is 17.2 Å². The van der Waals surface area contributed by atoms with Crippen molar-refractivity contribution in [2.75, 3.05) is 5.32 Å². The minimum absolute atomic E-state index is 0.727. The van der Waals surface area contributed by atoms with E-state index in [0.717, 1.165) is 41.8 Å². The quantitative estimate of drug-likeness (QED) is 0.752. The SMILES string of the molecule is CCn1nnnc1-c1cccc(NCc2csc(C3CC3)n2)c1. The van der Waals surface area contributed by atoms with Crippen LogP contribution in [0.4, 0.5) is 5.69 Å². The van der Waals surface area contributed by atoms with E-state index >= 15 is 0 Å². The first kappa shape index (κ1) is 14.3. The van der Waals surface area contributed by atoms with Gasteiger partial charge in [0.15, 0.2) is 5.82 Å². The number of nitrogens with one attached hydrogen (secondary N) is 1. The molecule has 1 aromatic carbocycles. The van der Waals surface area contributed by atoms with Crippen molar-refractivity contribution in [3.63, 3.8) is 0 Å². The van der Waals surface area contributed by atoms with Crippen LogP contribution in [-0.2, 0) is 13.1 Å². The van der Waals surface area contributed by atoms with Gasteiger partial charge < -0.3 is 5.32 Å². The predicted molar refractivity (Wildman–Crippen MR) is 90.3 cm³/mol. The highest BCUT2D eigenvalue weighted by molar-refractivity contribution is 7.09. The molecule has 0 amide bonds. The van der Waals surface area contributed by atoms with Gasteiger partial charge in [-0.25, -0.2) is 9.67 Å². The zero-order valence-electron chi connectivity index (χ0n) is 12.9. The Kier molecular flexibility index (Phi) is 3.78. The van der Waals surface area contributed by atoms with E-state index in [4.69, 9.17) is 4.98 Å². The average Bonchev–Trinajstić information content (AvgIpc) is 3.14. The Labute approximate surface area is 138 Å². The number of benzene rings is 1. The number of nitrogens with zero attached hydrogens (tertiary/aromatic N) is 5. The number of rotatable bonds is 6. The molecule has 118 valence electrons. The predicted octanol–water partition coefficient (Wildman–Crippen LogP) is 3.31. The molecule has 1 saturated carbocycles. The molecular formula is C16H18N6S. The van der Waals surface area contributed by atoms with Gasteiger partial charge in [-0.15, -0.1) is 16.4 Å². The molecule has 1 aliphatic rings. The highest BCUT2D eigenvalue weighted by Gasteiger charge is 2.26. The fourth-order valence-electron chi connectivity index (χ4n) is 2.51. The summed E-state index contributed by atoms with van der Waals surface area (Å²) in [7, 11) is 0. The molecule has 4 rings (SSSR count). The van der Waals surface area contributed by atoms with Gasteiger partial charge in [-0.1, -0.05) is 12.1 Å². The first-order valence-electron chi connectivity index (χ1n) is 7.88. The zero-order valence-corrected chi connectivity index (χ0v) is 13.8. The molecule has 2 aromatic heterocycles. The largest absolute Gasteiger partial charge is 0.379 e. The van der Waals surface area contributed by atoms with Crippen molar-refractivity contribution in [1.29, 1.82) is 0 Å². The molecule has 0 spiro atoms. The van der Waals surface area contributed by atoms with Gasteiger partial charge in [-0.2, -0.15) is 0 Å². The standard InChI is InChI=1S/C16H18N6S/c1-2-22-15(19-20-21-22)12-4-3-5-13(8-12)17-9-14-10-23-16(18-14)11-6-7-11/h3-5,8,10-11,17H,2,6-7,9H2,1H3. The third-order valence-electron chi connectivity index (χ3n) is 3.92. The number of aromatic nitrogens is 5. The number of anilines is 1. The molecule has 0 saturated heterocycles. The van der Waals surface area contributed by atoms with Crippen LogP contribution < -0.4 is 5.32 Å². The van der Waals surface area contributed by atoms with E-state index in [2.05, 4.69) is 38.4 Å². The van der Waals surface area contributed by atoms with Crippen LogP contribution >= 0.6 is 11.3 Å². The molecule has 1 N–H and O–H groups in total. The zero-order chi connectivity index (χ0) is 15.6. The third-order valence-corrected chi connectivity index (χ3v) is 4.98. The van der Waals surface area contributed by atoms with E-state index in [-0.39, 0.29) is 0 Å². The maximum absolute atomic E-state index is 4.71. The van der Waals surface area contributed by atoms with Gasteiger partial charge in [-0.05, 0) is 42.3 Å². The lowest BCUT2D eigenvalue weighted by atomic mass is 10.2. The molecule has 0 bridgehead atoms. The number of hydrogen-bond acceptors (Lipinski definition) is 6. The number of aryl methyl sites for hydroxylation is 1. The summed E-state index contributed by atoms with van der Waals surface area (Å²) in [5.41, 5.74) is 3.17. The van der Waals surface area contributed by atoms with Crippen LogP contribution in [0.1, 0.15) is 36.4 Å². The van der Waals surface area contributed by atoms with Crippen molar-refractivity contribution in [1.82, 2.24) is 25.2 Å². The maximum atomic E-state index is 4.71. The van der Waals surface area contributed by atoms with Crippen molar-refractivity contribution in [2.45, 2.75) is 38.8 Å². The highest BCUT2D eigenvalue weighted by Crippen LogP contribution is 2.41. The molecule has 23 heavy (non-hydrogen) atoms. The molecule has 7 heteroatoms. The lowest BCUT2D eigenvalue weighted by molar-refractivity contribution is 0.631. The highest BCUT2D eigenvalue weighted by atomic mass is 32.1. The van der Waals surface area contributed by atoms with E-state index in [1.807, 2.05) is 19.1 Å². The molecule has 0 radical (unpaired) electrons. The van der Waals surface area contributed by atoms with Gasteiger partial charge in [0.2, 0.25) is 0 Å². The van der Waals surface area contributed by atoms with Crippen molar-refractivity contribution in [3.8, 4) is 11.4 Å². The van der Waals surface area contributed by atoms with Crippen LogP contribution in [0.3, 0.4) is 0 Å². The second-order valence-electron chi connectivity index (χ2n) is 5.70. The normalized spacial score (nSPS) is 14.1. The summed E-state index contributed by atoms with van der Waals surface area (Å²) < 4.78 is 1.79. The first-order valence-corrected chi connectivity index (χ1v) is 8.76. The van der Waals surface area contributed by atoms with Crippen LogP contribution in [0.15, 0.2) is 29.6 Å². The summed E-state index contributed by atoms with van der Waals surface area (Å²) in [6, 6.07) is 8.17. The van der Waals surface area contributed by atoms with Crippen LogP contribution in [0.2, 0.25) is 0 Å².